The largest absolute Gasteiger partial charge is 0.481 e. The van der Waals surface area contributed by atoms with Crippen LogP contribution in [0.3, 0.4) is 0 Å². The first-order valence-electron chi connectivity index (χ1n) is 8.13. The zero-order chi connectivity index (χ0) is 18.4. The highest BCUT2D eigenvalue weighted by Crippen LogP contribution is 2.22. The van der Waals surface area contributed by atoms with Crippen LogP contribution in [-0.2, 0) is 4.79 Å². The van der Waals surface area contributed by atoms with Gasteiger partial charge in [-0.05, 0) is 54.8 Å². The maximum Gasteiger partial charge on any atom is 0.261 e. The Kier molecular flexibility index (Phi) is 6.13. The first-order chi connectivity index (χ1) is 11.9. The van der Waals surface area contributed by atoms with Gasteiger partial charge in [0.1, 0.15) is 11.6 Å². The Bertz CT molecular complexity index is 749. The molecular formula is C20H21FN2O2. The van der Waals surface area contributed by atoms with Crippen molar-refractivity contribution in [3.8, 4) is 11.8 Å². The number of carbonyl (C=O) groups excluding carboxylic acids is 1. The smallest absolute Gasteiger partial charge is 0.261 e. The summed E-state index contributed by atoms with van der Waals surface area (Å²) < 4.78 is 18.7. The van der Waals surface area contributed by atoms with Crippen LogP contribution in [0.5, 0.6) is 5.75 Å². The third kappa shape index (κ3) is 5.05. The van der Waals surface area contributed by atoms with E-state index in [0.29, 0.717) is 11.3 Å². The molecule has 2 atom stereocenters. The molecular weight excluding hydrogens is 319 g/mol. The molecule has 0 aliphatic rings. The van der Waals surface area contributed by atoms with E-state index in [4.69, 9.17) is 10.00 Å². The van der Waals surface area contributed by atoms with E-state index < -0.39 is 6.10 Å². The number of hydrogen-bond donors (Lipinski definition) is 1. The Morgan fingerprint density at radius 3 is 2.20 bits per heavy atom. The van der Waals surface area contributed by atoms with Gasteiger partial charge >= 0.3 is 0 Å². The fraction of sp³-hybridized carbons (Fsp3) is 0.300. The molecule has 0 saturated carbocycles. The summed E-state index contributed by atoms with van der Waals surface area (Å²) in [5.74, 6) is 0.0866. The van der Waals surface area contributed by atoms with E-state index in [1.165, 1.54) is 12.1 Å². The predicted octanol–water partition coefficient (Wildman–Crippen LogP) is 3.98. The number of amides is 1. The Balaban J connectivity index is 2.04. The predicted molar refractivity (Wildman–Crippen MR) is 93.4 cm³/mol. The molecule has 0 fully saturated rings. The SMILES string of the molecule is CC(Oc1ccc(C#N)cc1)C(=O)NC(c1ccc(F)cc1)C(C)C. The number of halogens is 1. The molecule has 0 aliphatic carbocycles. The summed E-state index contributed by atoms with van der Waals surface area (Å²) in [4.78, 5) is 12.5. The summed E-state index contributed by atoms with van der Waals surface area (Å²) in [6, 6.07) is 14.5. The monoisotopic (exact) mass is 340 g/mol. The first-order valence-corrected chi connectivity index (χ1v) is 8.13. The average molecular weight is 340 g/mol. The van der Waals surface area contributed by atoms with Gasteiger partial charge in [-0.25, -0.2) is 4.39 Å². The third-order valence-corrected chi connectivity index (χ3v) is 3.86. The lowest BCUT2D eigenvalue weighted by Gasteiger charge is -2.25. The van der Waals surface area contributed by atoms with Crippen LogP contribution in [0, 0.1) is 23.1 Å². The Morgan fingerprint density at radius 1 is 1.08 bits per heavy atom. The second kappa shape index (κ2) is 8.29. The second-order valence-electron chi connectivity index (χ2n) is 6.18. The van der Waals surface area contributed by atoms with Gasteiger partial charge in [-0.1, -0.05) is 26.0 Å². The molecule has 0 radical (unpaired) electrons. The van der Waals surface area contributed by atoms with Gasteiger partial charge in [0.2, 0.25) is 0 Å². The number of ether oxygens (including phenoxy) is 1. The number of hydrogen-bond acceptors (Lipinski definition) is 3. The van der Waals surface area contributed by atoms with E-state index in [0.717, 1.165) is 5.56 Å². The van der Waals surface area contributed by atoms with E-state index in [1.807, 2.05) is 19.9 Å². The summed E-state index contributed by atoms with van der Waals surface area (Å²) in [5.41, 5.74) is 1.37. The van der Waals surface area contributed by atoms with Crippen molar-refractivity contribution in [3.05, 3.63) is 65.5 Å². The molecule has 2 rings (SSSR count). The topological polar surface area (TPSA) is 62.1 Å². The molecule has 130 valence electrons. The highest BCUT2D eigenvalue weighted by atomic mass is 19.1. The highest BCUT2D eigenvalue weighted by molar-refractivity contribution is 5.81. The molecule has 0 aliphatic heterocycles. The van der Waals surface area contributed by atoms with Crippen LogP contribution in [0.1, 0.15) is 37.9 Å². The van der Waals surface area contributed by atoms with E-state index >= 15 is 0 Å². The van der Waals surface area contributed by atoms with Crippen LogP contribution in [0.4, 0.5) is 4.39 Å². The summed E-state index contributed by atoms with van der Waals surface area (Å²) >= 11 is 0. The maximum atomic E-state index is 13.1. The van der Waals surface area contributed by atoms with Gasteiger partial charge in [0.15, 0.2) is 6.10 Å². The Labute approximate surface area is 147 Å². The molecule has 2 unspecified atom stereocenters. The molecule has 0 spiro atoms. The maximum absolute atomic E-state index is 13.1. The van der Waals surface area contributed by atoms with Crippen molar-refractivity contribution < 1.29 is 13.9 Å². The molecule has 0 aromatic heterocycles. The first kappa shape index (κ1) is 18.5. The van der Waals surface area contributed by atoms with Crippen LogP contribution in [0.25, 0.3) is 0 Å². The number of nitrogens with one attached hydrogen (secondary N) is 1. The van der Waals surface area contributed by atoms with Gasteiger partial charge in [-0.2, -0.15) is 5.26 Å². The summed E-state index contributed by atoms with van der Waals surface area (Å²) in [7, 11) is 0. The van der Waals surface area contributed by atoms with Gasteiger partial charge in [0, 0.05) is 0 Å². The number of benzene rings is 2. The summed E-state index contributed by atoms with van der Waals surface area (Å²) in [6.07, 6.45) is -0.699. The summed E-state index contributed by atoms with van der Waals surface area (Å²) in [6.45, 7) is 5.64. The van der Waals surface area contributed by atoms with Crippen molar-refractivity contribution in [1.82, 2.24) is 5.32 Å². The highest BCUT2D eigenvalue weighted by Gasteiger charge is 2.22. The molecule has 4 nitrogen and oxygen atoms in total. The van der Waals surface area contributed by atoms with Crippen LogP contribution in [-0.4, -0.2) is 12.0 Å². The van der Waals surface area contributed by atoms with E-state index in [1.54, 1.807) is 43.3 Å². The molecule has 25 heavy (non-hydrogen) atoms. The normalized spacial score (nSPS) is 13.0. The minimum absolute atomic E-state index is 0.136. The fourth-order valence-corrected chi connectivity index (χ4v) is 2.44. The number of rotatable bonds is 6. The van der Waals surface area contributed by atoms with E-state index in [9.17, 15) is 9.18 Å². The van der Waals surface area contributed by atoms with Crippen molar-refractivity contribution in [2.24, 2.45) is 5.92 Å². The van der Waals surface area contributed by atoms with Gasteiger partial charge < -0.3 is 10.1 Å². The van der Waals surface area contributed by atoms with Crippen molar-refractivity contribution >= 4 is 5.91 Å². The zero-order valence-corrected chi connectivity index (χ0v) is 14.5. The minimum atomic E-state index is -0.699. The molecule has 2 aromatic carbocycles. The Hall–Kier alpha value is -2.87. The van der Waals surface area contributed by atoms with Gasteiger partial charge in [0.25, 0.3) is 5.91 Å². The Morgan fingerprint density at radius 2 is 1.68 bits per heavy atom. The molecule has 0 saturated heterocycles. The molecule has 0 heterocycles. The van der Waals surface area contributed by atoms with E-state index in [-0.39, 0.29) is 23.7 Å². The van der Waals surface area contributed by atoms with Crippen LogP contribution < -0.4 is 10.1 Å². The lowest BCUT2D eigenvalue weighted by atomic mass is 9.96. The molecule has 1 N–H and O–H groups in total. The van der Waals surface area contributed by atoms with Crippen molar-refractivity contribution in [1.29, 1.82) is 5.26 Å². The van der Waals surface area contributed by atoms with Gasteiger partial charge in [-0.3, -0.25) is 4.79 Å². The van der Waals surface area contributed by atoms with Crippen molar-refractivity contribution in [3.63, 3.8) is 0 Å². The zero-order valence-electron chi connectivity index (χ0n) is 14.5. The second-order valence-corrected chi connectivity index (χ2v) is 6.18. The molecule has 5 heteroatoms. The number of nitrogens with zero attached hydrogens (tertiary/aromatic N) is 1. The minimum Gasteiger partial charge on any atom is -0.481 e. The van der Waals surface area contributed by atoms with Gasteiger partial charge in [0.05, 0.1) is 17.7 Å². The third-order valence-electron chi connectivity index (χ3n) is 3.86. The van der Waals surface area contributed by atoms with Crippen molar-refractivity contribution in [2.75, 3.05) is 0 Å². The standard InChI is InChI=1S/C20H21FN2O2/c1-13(2)19(16-6-8-17(21)9-7-16)23-20(24)14(3)25-18-10-4-15(12-22)5-11-18/h4-11,13-14,19H,1-3H3,(H,23,24). The molecule has 2 aromatic rings. The van der Waals surface area contributed by atoms with Crippen LogP contribution >= 0.6 is 0 Å². The lowest BCUT2D eigenvalue weighted by Crippen LogP contribution is -2.40. The summed E-state index contributed by atoms with van der Waals surface area (Å²) in [5, 5.41) is 11.8. The number of nitriles is 1. The fourth-order valence-electron chi connectivity index (χ4n) is 2.44. The quantitative estimate of drug-likeness (QED) is 0.865. The molecule has 0 bridgehead atoms. The van der Waals surface area contributed by atoms with Crippen molar-refractivity contribution in [2.45, 2.75) is 32.9 Å². The van der Waals surface area contributed by atoms with Gasteiger partial charge in [-0.15, -0.1) is 0 Å². The van der Waals surface area contributed by atoms with Crippen LogP contribution in [0.15, 0.2) is 48.5 Å². The van der Waals surface area contributed by atoms with Crippen LogP contribution in [0.2, 0.25) is 0 Å². The number of carbonyl (C=O) groups is 1. The average Bonchev–Trinajstić information content (AvgIpc) is 2.60. The molecule has 1 amide bonds. The lowest BCUT2D eigenvalue weighted by molar-refractivity contribution is -0.128. The van der Waals surface area contributed by atoms with E-state index in [2.05, 4.69) is 5.32 Å².